The summed E-state index contributed by atoms with van der Waals surface area (Å²) in [5.74, 6) is 1.42. The number of benzene rings is 1. The van der Waals surface area contributed by atoms with E-state index in [9.17, 15) is 14.7 Å². The molecule has 0 saturated heterocycles. The summed E-state index contributed by atoms with van der Waals surface area (Å²) in [5.41, 5.74) is -0.282. The van der Waals surface area contributed by atoms with Gasteiger partial charge in [0.05, 0.1) is 11.0 Å². The fourth-order valence-corrected chi connectivity index (χ4v) is 5.29. The molecule has 0 aromatic heterocycles. The maximum Gasteiger partial charge on any atom is 0.146 e. The molecule has 1 aromatic rings. The molecular formula is C21H26O3. The van der Waals surface area contributed by atoms with Crippen LogP contribution in [0, 0.1) is 17.3 Å². The number of rotatable bonds is 2. The zero-order valence-electron chi connectivity index (χ0n) is 14.2. The van der Waals surface area contributed by atoms with E-state index < -0.39 is 11.0 Å². The Morgan fingerprint density at radius 2 is 1.50 bits per heavy atom. The Morgan fingerprint density at radius 3 is 2.08 bits per heavy atom. The van der Waals surface area contributed by atoms with Gasteiger partial charge in [0.25, 0.3) is 0 Å². The van der Waals surface area contributed by atoms with Crippen molar-refractivity contribution in [1.29, 1.82) is 0 Å². The number of hydrogen-bond acceptors (Lipinski definition) is 3. The Kier molecular flexibility index (Phi) is 3.87. The lowest BCUT2D eigenvalue weighted by molar-refractivity contribution is -0.155. The molecule has 3 aliphatic rings. The Morgan fingerprint density at radius 1 is 0.833 bits per heavy atom. The summed E-state index contributed by atoms with van der Waals surface area (Å²) in [6.07, 6.45) is 7.22. The van der Waals surface area contributed by atoms with Crippen molar-refractivity contribution in [2.24, 2.45) is 17.3 Å². The van der Waals surface area contributed by atoms with Crippen molar-refractivity contribution in [3.63, 3.8) is 0 Å². The Hall–Kier alpha value is -1.48. The van der Waals surface area contributed by atoms with E-state index in [0.29, 0.717) is 24.7 Å². The normalized spacial score (nSPS) is 39.7. The first-order valence-electron chi connectivity index (χ1n) is 9.38. The molecule has 4 rings (SSSR count). The molecule has 0 amide bonds. The first-order valence-corrected chi connectivity index (χ1v) is 9.38. The Bertz CT molecular complexity index is 642. The molecule has 1 N–H and O–H groups in total. The zero-order valence-corrected chi connectivity index (χ0v) is 14.2. The quantitative estimate of drug-likeness (QED) is 0.842. The van der Waals surface area contributed by atoms with Gasteiger partial charge in [0.15, 0.2) is 0 Å². The van der Waals surface area contributed by atoms with E-state index in [2.05, 4.69) is 0 Å². The summed E-state index contributed by atoms with van der Waals surface area (Å²) in [6, 6.07) is 9.98. The molecule has 0 heterocycles. The minimum Gasteiger partial charge on any atom is -0.385 e. The molecule has 2 unspecified atom stereocenters. The molecule has 3 fully saturated rings. The molecule has 2 atom stereocenters. The van der Waals surface area contributed by atoms with Crippen LogP contribution in [0.5, 0.6) is 0 Å². The van der Waals surface area contributed by atoms with Crippen molar-refractivity contribution in [3.8, 4) is 0 Å². The number of aliphatic hydroxyl groups is 1. The van der Waals surface area contributed by atoms with Crippen LogP contribution in [0.4, 0.5) is 0 Å². The molecule has 3 saturated carbocycles. The number of hydrogen-bond donors (Lipinski definition) is 1. The molecule has 1 spiro atoms. The van der Waals surface area contributed by atoms with Gasteiger partial charge in [0.1, 0.15) is 11.6 Å². The maximum absolute atomic E-state index is 12.3. The van der Waals surface area contributed by atoms with E-state index in [4.69, 9.17) is 0 Å². The van der Waals surface area contributed by atoms with E-state index >= 15 is 0 Å². The van der Waals surface area contributed by atoms with Gasteiger partial charge in [-0.2, -0.15) is 0 Å². The minimum atomic E-state index is -0.702. The van der Waals surface area contributed by atoms with Gasteiger partial charge in [-0.15, -0.1) is 0 Å². The summed E-state index contributed by atoms with van der Waals surface area (Å²) in [4.78, 5) is 24.3. The maximum atomic E-state index is 12.3. The largest absolute Gasteiger partial charge is 0.385 e. The third-order valence-electron chi connectivity index (χ3n) is 7.03. The van der Waals surface area contributed by atoms with Gasteiger partial charge >= 0.3 is 0 Å². The van der Waals surface area contributed by atoms with E-state index in [1.807, 2.05) is 30.3 Å². The summed E-state index contributed by atoms with van der Waals surface area (Å²) < 4.78 is 0. The Balaban J connectivity index is 1.43. The van der Waals surface area contributed by atoms with Crippen LogP contribution in [0.25, 0.3) is 0 Å². The van der Waals surface area contributed by atoms with Gasteiger partial charge < -0.3 is 5.11 Å². The predicted octanol–water partition coefficient (Wildman–Crippen LogP) is 3.78. The van der Waals surface area contributed by atoms with Crippen LogP contribution in [0.15, 0.2) is 30.3 Å². The third kappa shape index (κ3) is 2.45. The Labute approximate surface area is 143 Å². The van der Waals surface area contributed by atoms with Crippen molar-refractivity contribution in [2.45, 2.75) is 63.4 Å². The highest BCUT2D eigenvalue weighted by atomic mass is 16.3. The SMILES string of the molecule is O=C1CCC(C2CCC(O)(c3ccccc3)CC2)CC12CCC2=O. The third-order valence-corrected chi connectivity index (χ3v) is 7.03. The molecule has 3 aliphatic carbocycles. The first kappa shape index (κ1) is 16.0. The van der Waals surface area contributed by atoms with Crippen molar-refractivity contribution in [3.05, 3.63) is 35.9 Å². The van der Waals surface area contributed by atoms with Gasteiger partial charge in [0, 0.05) is 12.8 Å². The van der Waals surface area contributed by atoms with Crippen molar-refractivity contribution >= 4 is 11.6 Å². The van der Waals surface area contributed by atoms with Crippen LogP contribution in [0.1, 0.15) is 63.4 Å². The highest BCUT2D eigenvalue weighted by Gasteiger charge is 2.55. The second-order valence-corrected chi connectivity index (χ2v) is 8.17. The van der Waals surface area contributed by atoms with E-state index in [0.717, 1.165) is 50.5 Å². The summed E-state index contributed by atoms with van der Waals surface area (Å²) >= 11 is 0. The fraction of sp³-hybridized carbons (Fsp3) is 0.619. The lowest BCUT2D eigenvalue weighted by atomic mass is 9.54. The number of Topliss-reactive ketones (excluding diaryl/α,β-unsaturated/α-hetero) is 2. The molecule has 3 nitrogen and oxygen atoms in total. The number of carbonyl (C=O) groups excluding carboxylic acids is 2. The molecular weight excluding hydrogens is 300 g/mol. The van der Waals surface area contributed by atoms with E-state index in [-0.39, 0.29) is 11.6 Å². The minimum absolute atomic E-state index is 0.189. The van der Waals surface area contributed by atoms with Crippen LogP contribution in [0.3, 0.4) is 0 Å². The van der Waals surface area contributed by atoms with Crippen LogP contribution in [0.2, 0.25) is 0 Å². The van der Waals surface area contributed by atoms with Crippen LogP contribution < -0.4 is 0 Å². The van der Waals surface area contributed by atoms with Crippen LogP contribution >= 0.6 is 0 Å². The summed E-state index contributed by atoms with van der Waals surface area (Å²) in [6.45, 7) is 0. The van der Waals surface area contributed by atoms with Gasteiger partial charge in [-0.3, -0.25) is 9.59 Å². The van der Waals surface area contributed by atoms with Crippen LogP contribution in [-0.2, 0) is 15.2 Å². The predicted molar refractivity (Wildman–Crippen MR) is 91.3 cm³/mol. The molecule has 128 valence electrons. The zero-order chi connectivity index (χ0) is 16.8. The van der Waals surface area contributed by atoms with Crippen LogP contribution in [-0.4, -0.2) is 16.7 Å². The first-order chi connectivity index (χ1) is 11.5. The smallest absolute Gasteiger partial charge is 0.146 e. The van der Waals surface area contributed by atoms with Crippen molar-refractivity contribution in [1.82, 2.24) is 0 Å². The number of ketones is 2. The fourth-order valence-electron chi connectivity index (χ4n) is 5.29. The second kappa shape index (κ2) is 5.80. The number of carbonyl (C=O) groups is 2. The van der Waals surface area contributed by atoms with Gasteiger partial charge in [-0.1, -0.05) is 30.3 Å². The molecule has 0 radical (unpaired) electrons. The topological polar surface area (TPSA) is 54.4 Å². The molecule has 0 bridgehead atoms. The van der Waals surface area contributed by atoms with E-state index in [1.54, 1.807) is 0 Å². The average Bonchev–Trinajstić information content (AvgIpc) is 2.62. The lowest BCUT2D eigenvalue weighted by Crippen LogP contribution is -2.52. The standard InChI is InChI=1S/C21H26O3/c22-18-7-6-16(14-20(18)11-10-19(20)23)15-8-12-21(24,13-9-15)17-4-2-1-3-5-17/h1-5,15-16,24H,6-14H2. The monoisotopic (exact) mass is 326 g/mol. The van der Waals surface area contributed by atoms with Gasteiger partial charge in [-0.05, 0) is 62.3 Å². The molecule has 0 aliphatic heterocycles. The average molecular weight is 326 g/mol. The van der Waals surface area contributed by atoms with Gasteiger partial charge in [-0.25, -0.2) is 0 Å². The molecule has 24 heavy (non-hydrogen) atoms. The van der Waals surface area contributed by atoms with Crippen molar-refractivity contribution < 1.29 is 14.7 Å². The van der Waals surface area contributed by atoms with E-state index in [1.165, 1.54) is 0 Å². The van der Waals surface area contributed by atoms with Crippen molar-refractivity contribution in [2.75, 3.05) is 0 Å². The molecule has 1 aromatic carbocycles. The highest BCUT2D eigenvalue weighted by molar-refractivity contribution is 6.11. The lowest BCUT2D eigenvalue weighted by Gasteiger charge is -2.48. The summed E-state index contributed by atoms with van der Waals surface area (Å²) in [7, 11) is 0. The summed E-state index contributed by atoms with van der Waals surface area (Å²) in [5, 5.41) is 11.0. The van der Waals surface area contributed by atoms with Gasteiger partial charge in [0.2, 0.25) is 0 Å². The second-order valence-electron chi connectivity index (χ2n) is 8.17. The molecule has 3 heteroatoms. The highest BCUT2D eigenvalue weighted by Crippen LogP contribution is 2.53.